The Bertz CT molecular complexity index is 1530. The van der Waals surface area contributed by atoms with Crippen molar-refractivity contribution in [3.05, 3.63) is 40.5 Å². The molecule has 1 aliphatic carbocycles. The number of nitrogens with zero attached hydrogens (tertiary/aromatic N) is 2. The van der Waals surface area contributed by atoms with E-state index < -0.39 is 33.1 Å². The molecule has 5 rings (SSSR count). The maximum atomic E-state index is 15.6. The molecule has 242 valence electrons. The van der Waals surface area contributed by atoms with Crippen molar-refractivity contribution in [1.29, 1.82) is 0 Å². The molecule has 0 spiro atoms. The molecule has 4 N–H and O–H groups in total. The second kappa shape index (κ2) is 12.7. The number of primary amides is 1. The van der Waals surface area contributed by atoms with Gasteiger partial charge in [-0.05, 0) is 62.7 Å². The molecule has 11 nitrogen and oxygen atoms in total. The van der Waals surface area contributed by atoms with Crippen molar-refractivity contribution in [1.82, 2.24) is 14.8 Å². The summed E-state index contributed by atoms with van der Waals surface area (Å²) in [5.41, 5.74) is 7.44. The molecule has 2 amide bonds. The van der Waals surface area contributed by atoms with E-state index in [0.717, 1.165) is 19.6 Å². The molecule has 1 aromatic carbocycles. The number of amides is 2. The fourth-order valence-corrected chi connectivity index (χ4v) is 9.21. The highest BCUT2D eigenvalue weighted by Gasteiger charge is 2.43. The average Bonchev–Trinajstić information content (AvgIpc) is 3.50. The zero-order chi connectivity index (χ0) is 31.8. The first-order valence-corrected chi connectivity index (χ1v) is 17.1. The van der Waals surface area contributed by atoms with E-state index in [1.807, 2.05) is 13.8 Å². The molecule has 0 unspecified atom stereocenters. The van der Waals surface area contributed by atoms with Crippen molar-refractivity contribution >= 4 is 27.5 Å². The average molecular weight is 634 g/mol. The lowest BCUT2D eigenvalue weighted by Gasteiger charge is -2.31. The van der Waals surface area contributed by atoms with E-state index in [2.05, 4.69) is 29.4 Å². The minimum atomic E-state index is -3.58. The Labute approximate surface area is 258 Å². The third-order valence-corrected chi connectivity index (χ3v) is 11.2. The molecule has 44 heavy (non-hydrogen) atoms. The fraction of sp³-hybridized carbons (Fsp3) is 0.613. The van der Waals surface area contributed by atoms with Crippen LogP contribution in [0.25, 0.3) is 5.69 Å². The molecule has 3 heterocycles. The number of sulfone groups is 1. The Morgan fingerprint density at radius 1 is 1.14 bits per heavy atom. The quantitative estimate of drug-likeness (QED) is 0.358. The van der Waals surface area contributed by atoms with Crippen LogP contribution in [0.3, 0.4) is 0 Å². The lowest BCUT2D eigenvalue weighted by atomic mass is 9.89. The number of aromatic nitrogens is 1. The van der Waals surface area contributed by atoms with Gasteiger partial charge in [-0.1, -0.05) is 27.7 Å². The number of nitrogens with one attached hydrogen (secondary N) is 2. The maximum Gasteiger partial charge on any atom is 0.407 e. The van der Waals surface area contributed by atoms with Gasteiger partial charge in [0.1, 0.15) is 11.9 Å². The summed E-state index contributed by atoms with van der Waals surface area (Å²) in [6.45, 7) is 11.4. The summed E-state index contributed by atoms with van der Waals surface area (Å²) in [6, 6.07) is 2.80. The second-order valence-electron chi connectivity index (χ2n) is 12.8. The number of carbonyl (C=O) groups excluding carboxylic acids is 2. The number of ether oxygens (including phenoxy) is 2. The molecule has 2 aromatic rings. The molecular formula is C31H44FN5O6S. The van der Waals surface area contributed by atoms with Gasteiger partial charge >= 0.3 is 6.09 Å². The number of carbonyl (C=O) groups is 2. The Balaban J connectivity index is 1.34. The Hall–Kier alpha value is -3.16. The van der Waals surface area contributed by atoms with Crippen LogP contribution < -0.4 is 16.4 Å². The first kappa shape index (κ1) is 32.2. The van der Waals surface area contributed by atoms with Crippen molar-refractivity contribution in [2.45, 2.75) is 90.1 Å². The van der Waals surface area contributed by atoms with Crippen LogP contribution in [-0.2, 0) is 38.9 Å². The molecule has 13 heteroatoms. The van der Waals surface area contributed by atoms with Gasteiger partial charge in [-0.2, -0.15) is 0 Å². The van der Waals surface area contributed by atoms with Crippen LogP contribution in [0.15, 0.2) is 17.0 Å². The summed E-state index contributed by atoms with van der Waals surface area (Å²) in [5, 5.41) is 6.14. The van der Waals surface area contributed by atoms with Gasteiger partial charge in [-0.15, -0.1) is 0 Å². The number of likely N-dealkylation sites (N-methyl/N-ethyl adjacent to an activating group) is 1. The number of alkyl carbamates (subject to hydrolysis) is 1. The van der Waals surface area contributed by atoms with Crippen LogP contribution in [0.5, 0.6) is 0 Å². The van der Waals surface area contributed by atoms with Gasteiger partial charge in [-0.3, -0.25) is 4.79 Å². The van der Waals surface area contributed by atoms with Crippen LogP contribution in [0.2, 0.25) is 0 Å². The van der Waals surface area contributed by atoms with Gasteiger partial charge in [0.15, 0.2) is 9.84 Å². The molecule has 3 aliphatic rings. The summed E-state index contributed by atoms with van der Waals surface area (Å²) >= 11 is 0. The Morgan fingerprint density at radius 3 is 2.50 bits per heavy atom. The van der Waals surface area contributed by atoms with E-state index in [9.17, 15) is 18.0 Å². The smallest absolute Gasteiger partial charge is 0.407 e. The van der Waals surface area contributed by atoms with Gasteiger partial charge in [0.25, 0.3) is 5.91 Å². The van der Waals surface area contributed by atoms with Crippen molar-refractivity contribution in [3.8, 4) is 5.69 Å². The summed E-state index contributed by atoms with van der Waals surface area (Å²) < 4.78 is 55.4. The highest BCUT2D eigenvalue weighted by molar-refractivity contribution is 7.91. The van der Waals surface area contributed by atoms with E-state index in [1.54, 1.807) is 10.6 Å². The molecule has 1 aromatic heterocycles. The number of halogens is 1. The summed E-state index contributed by atoms with van der Waals surface area (Å²) in [5.74, 6) is -1.67. The SMILES string of the molecule is CCN(CC)CCNC(=O)O[C@H]1CC[C@H](Nc2cc(-n3c4c(c5c3CC(C)(C)CS5(=O)=O)COC4)cc(F)c2C(N)=O)CC1. The number of hydrogen-bond donors (Lipinski definition) is 3. The Kier molecular flexibility index (Phi) is 9.29. The second-order valence-corrected chi connectivity index (χ2v) is 14.7. The van der Waals surface area contributed by atoms with Gasteiger partial charge in [0.2, 0.25) is 0 Å². The summed E-state index contributed by atoms with van der Waals surface area (Å²) in [4.78, 5) is 27.2. The molecular weight excluding hydrogens is 589 g/mol. The fourth-order valence-electron chi connectivity index (χ4n) is 6.86. The van der Waals surface area contributed by atoms with Crippen LogP contribution in [0, 0.1) is 11.2 Å². The summed E-state index contributed by atoms with van der Waals surface area (Å²) in [6.07, 6.45) is 2.31. The predicted molar refractivity (Wildman–Crippen MR) is 164 cm³/mol. The molecule has 1 fully saturated rings. The predicted octanol–water partition coefficient (Wildman–Crippen LogP) is 3.89. The third-order valence-electron chi connectivity index (χ3n) is 8.93. The van der Waals surface area contributed by atoms with Gasteiger partial charge in [-0.25, -0.2) is 17.6 Å². The number of hydrogen-bond acceptors (Lipinski definition) is 8. The van der Waals surface area contributed by atoms with E-state index in [1.165, 1.54) is 6.07 Å². The Morgan fingerprint density at radius 2 is 1.84 bits per heavy atom. The zero-order valence-corrected chi connectivity index (χ0v) is 26.8. The molecule has 1 saturated carbocycles. The third kappa shape index (κ3) is 6.59. The standard InChI is InChI=1S/C31H44FN5O6S/c1-5-36(6-2)12-11-34-30(39)43-21-9-7-19(8-10-21)35-24-14-20(13-23(32)27(24)29(33)38)37-25-15-31(3,4)18-44(40,41)28(25)22-16-42-17-26(22)37/h13-14,19,21,35H,5-12,15-18H2,1-4H3,(H2,33,38)(H,34,39)/t19-,21-. The van der Waals surface area contributed by atoms with E-state index in [4.69, 9.17) is 15.2 Å². The first-order valence-electron chi connectivity index (χ1n) is 15.5. The monoisotopic (exact) mass is 633 g/mol. The minimum absolute atomic E-state index is 0.0234. The normalized spacial score (nSPS) is 21.9. The van der Waals surface area contributed by atoms with E-state index >= 15 is 4.39 Å². The topological polar surface area (TPSA) is 145 Å². The largest absolute Gasteiger partial charge is 0.446 e. The van der Waals surface area contributed by atoms with Crippen LogP contribution in [0.1, 0.15) is 80.7 Å². The first-order chi connectivity index (χ1) is 20.8. The maximum absolute atomic E-state index is 15.6. The zero-order valence-electron chi connectivity index (χ0n) is 26.0. The van der Waals surface area contributed by atoms with E-state index in [-0.39, 0.29) is 47.3 Å². The van der Waals surface area contributed by atoms with Crippen molar-refractivity contribution in [2.75, 3.05) is 37.2 Å². The lowest BCUT2D eigenvalue weighted by Crippen LogP contribution is -2.38. The summed E-state index contributed by atoms with van der Waals surface area (Å²) in [7, 11) is -3.58. The number of nitrogens with two attached hydrogens (primary N) is 1. The lowest BCUT2D eigenvalue weighted by molar-refractivity contribution is 0.0726. The number of anilines is 1. The highest BCUT2D eigenvalue weighted by Crippen LogP contribution is 2.44. The minimum Gasteiger partial charge on any atom is -0.446 e. The van der Waals surface area contributed by atoms with Crippen LogP contribution in [-0.4, -0.2) is 74.0 Å². The van der Waals surface area contributed by atoms with Crippen LogP contribution in [0.4, 0.5) is 14.9 Å². The van der Waals surface area contributed by atoms with Gasteiger partial charge in [0, 0.05) is 30.4 Å². The molecule has 2 aliphatic heterocycles. The van der Waals surface area contributed by atoms with E-state index in [0.29, 0.717) is 61.3 Å². The van der Waals surface area contributed by atoms with Crippen molar-refractivity contribution < 1.29 is 31.9 Å². The molecule has 0 saturated heterocycles. The van der Waals surface area contributed by atoms with Crippen molar-refractivity contribution in [3.63, 3.8) is 0 Å². The molecule has 0 bridgehead atoms. The van der Waals surface area contributed by atoms with Gasteiger partial charge in [0.05, 0.1) is 46.5 Å². The van der Waals surface area contributed by atoms with Crippen molar-refractivity contribution in [2.24, 2.45) is 11.1 Å². The molecule has 0 radical (unpaired) electrons. The van der Waals surface area contributed by atoms with Crippen LogP contribution >= 0.6 is 0 Å². The number of fused-ring (bicyclic) bond motifs is 3. The molecule has 0 atom stereocenters. The number of rotatable bonds is 10. The van der Waals surface area contributed by atoms with Gasteiger partial charge < -0.3 is 35.3 Å². The highest BCUT2D eigenvalue weighted by atomic mass is 32.2. The number of benzene rings is 1.